The van der Waals surface area contributed by atoms with E-state index in [0.717, 1.165) is 11.1 Å². The Balaban J connectivity index is 1.68. The number of phenolic OH excluding ortho intramolecular Hbond substituents is 1. The van der Waals surface area contributed by atoms with Crippen molar-refractivity contribution in [2.24, 2.45) is 16.5 Å². The molecular weight excluding hydrogens is 708 g/mol. The molecule has 298 valence electrons. The van der Waals surface area contributed by atoms with Crippen LogP contribution >= 0.6 is 0 Å². The quantitative estimate of drug-likeness (QED) is 0.0371. The molecule has 10 N–H and O–H groups in total. The highest BCUT2D eigenvalue weighted by molar-refractivity contribution is 5.93. The standard InChI is InChI=1S/C39H54N8O8/c1-2-34(49)42-19-20-44-39(52)47-38(41)43-18-7-12-33(36(50)45-27-28-13-15-31(48)16-14-28)46-37(51)35(29-8-4-3-5-9-29)30-10-6-11-32(26-30)55-25-24-54-23-22-53-21-17-40/h3-6,8-11,13-16,26,33,35,48H,2,7,12,17-25,27,40H2,1H3,(H,42,49)(H,45,50)(H,46,51)(H4,41,43,44,47,52)/t33-,35?/m1/s1. The summed E-state index contributed by atoms with van der Waals surface area (Å²) < 4.78 is 16.8. The third-order valence-electron chi connectivity index (χ3n) is 8.00. The number of carbonyl (C=O) groups excluding carboxylic acids is 4. The van der Waals surface area contributed by atoms with E-state index in [4.69, 9.17) is 25.7 Å². The van der Waals surface area contributed by atoms with Crippen LogP contribution in [0.3, 0.4) is 0 Å². The molecule has 0 bridgehead atoms. The minimum Gasteiger partial charge on any atom is -0.508 e. The number of phenols is 1. The molecule has 55 heavy (non-hydrogen) atoms. The second kappa shape index (κ2) is 25.3. The van der Waals surface area contributed by atoms with E-state index < -0.39 is 29.8 Å². The normalized spacial score (nSPS) is 12.2. The molecule has 0 aliphatic carbocycles. The van der Waals surface area contributed by atoms with Crippen LogP contribution in [-0.4, -0.2) is 100 Å². The number of urea groups is 1. The highest BCUT2D eigenvalue weighted by Crippen LogP contribution is 2.28. The molecule has 3 rings (SSSR count). The number of guanidine groups is 1. The smallest absolute Gasteiger partial charge is 0.344 e. The average molecular weight is 763 g/mol. The Kier molecular flexibility index (Phi) is 20.1. The van der Waals surface area contributed by atoms with Gasteiger partial charge in [0.05, 0.1) is 32.3 Å². The number of aromatic hydroxyl groups is 1. The lowest BCUT2D eigenvalue weighted by atomic mass is 9.90. The van der Waals surface area contributed by atoms with E-state index in [0.29, 0.717) is 63.7 Å². The summed E-state index contributed by atoms with van der Waals surface area (Å²) in [4.78, 5) is 55.0. The Bertz CT molecular complexity index is 1640. The number of aliphatic imine (C=N–C) groups is 1. The summed E-state index contributed by atoms with van der Waals surface area (Å²) in [7, 11) is 0. The highest BCUT2D eigenvalue weighted by atomic mass is 16.5. The first-order valence-electron chi connectivity index (χ1n) is 18.3. The van der Waals surface area contributed by atoms with E-state index in [-0.39, 0.29) is 50.2 Å². The summed E-state index contributed by atoms with van der Waals surface area (Å²) >= 11 is 0. The lowest BCUT2D eigenvalue weighted by Gasteiger charge is -2.24. The van der Waals surface area contributed by atoms with Crippen LogP contribution in [0.1, 0.15) is 48.8 Å². The highest BCUT2D eigenvalue weighted by Gasteiger charge is 2.28. The summed E-state index contributed by atoms with van der Waals surface area (Å²) in [6.45, 7) is 5.02. The monoisotopic (exact) mass is 762 g/mol. The van der Waals surface area contributed by atoms with Crippen LogP contribution in [0.25, 0.3) is 0 Å². The van der Waals surface area contributed by atoms with Gasteiger partial charge in [0.1, 0.15) is 24.1 Å². The molecule has 0 saturated heterocycles. The maximum Gasteiger partial charge on any atom is 0.344 e. The fourth-order valence-electron chi connectivity index (χ4n) is 5.21. The second-order valence-electron chi connectivity index (χ2n) is 12.2. The van der Waals surface area contributed by atoms with Gasteiger partial charge in [-0.15, -0.1) is 0 Å². The summed E-state index contributed by atoms with van der Waals surface area (Å²) in [6.07, 6.45) is 0.938. The minimum atomic E-state index is -0.942. The average Bonchev–Trinajstić information content (AvgIpc) is 3.19. The van der Waals surface area contributed by atoms with Crippen molar-refractivity contribution >= 4 is 29.7 Å². The van der Waals surface area contributed by atoms with Crippen LogP contribution in [0.4, 0.5) is 4.79 Å². The lowest BCUT2D eigenvalue weighted by Crippen LogP contribution is -2.48. The molecule has 0 aromatic heterocycles. The second-order valence-corrected chi connectivity index (χ2v) is 12.2. The number of hydrogen-bond acceptors (Lipinski definition) is 9. The van der Waals surface area contributed by atoms with Gasteiger partial charge in [-0.05, 0) is 53.8 Å². The fourth-order valence-corrected chi connectivity index (χ4v) is 5.21. The number of nitrogens with one attached hydrogen (secondary N) is 5. The summed E-state index contributed by atoms with van der Waals surface area (Å²) in [5.41, 5.74) is 13.5. The summed E-state index contributed by atoms with van der Waals surface area (Å²) in [6, 6.07) is 21.3. The summed E-state index contributed by atoms with van der Waals surface area (Å²) in [5, 5.41) is 23.5. The topological polar surface area (TPSA) is 241 Å². The number of amides is 5. The van der Waals surface area contributed by atoms with E-state index in [1.54, 1.807) is 37.3 Å². The lowest BCUT2D eigenvalue weighted by molar-refractivity contribution is -0.129. The van der Waals surface area contributed by atoms with Crippen molar-refractivity contribution in [1.29, 1.82) is 0 Å². The van der Waals surface area contributed by atoms with Gasteiger partial charge in [0.15, 0.2) is 5.96 Å². The van der Waals surface area contributed by atoms with Crippen molar-refractivity contribution in [3.8, 4) is 11.5 Å². The molecule has 16 heteroatoms. The molecule has 0 aliphatic heterocycles. The predicted molar refractivity (Wildman–Crippen MR) is 208 cm³/mol. The van der Waals surface area contributed by atoms with Crippen molar-refractivity contribution < 1.29 is 38.5 Å². The van der Waals surface area contributed by atoms with Gasteiger partial charge in [-0.1, -0.05) is 61.5 Å². The largest absolute Gasteiger partial charge is 0.508 e. The molecule has 16 nitrogen and oxygen atoms in total. The Morgan fingerprint density at radius 2 is 1.45 bits per heavy atom. The van der Waals surface area contributed by atoms with Crippen molar-refractivity contribution in [2.75, 3.05) is 59.2 Å². The van der Waals surface area contributed by atoms with Gasteiger partial charge in [0, 0.05) is 39.1 Å². The zero-order valence-corrected chi connectivity index (χ0v) is 31.3. The van der Waals surface area contributed by atoms with Crippen molar-refractivity contribution in [2.45, 2.75) is 44.7 Å². The number of nitrogens with zero attached hydrogens (tertiary/aromatic N) is 1. The molecule has 0 spiro atoms. The van der Waals surface area contributed by atoms with Gasteiger partial charge >= 0.3 is 6.03 Å². The number of hydrogen-bond donors (Lipinski definition) is 8. The van der Waals surface area contributed by atoms with Crippen molar-refractivity contribution in [3.63, 3.8) is 0 Å². The van der Waals surface area contributed by atoms with Gasteiger partial charge in [0.25, 0.3) is 0 Å². The van der Waals surface area contributed by atoms with Crippen LogP contribution in [0, 0.1) is 0 Å². The molecule has 0 radical (unpaired) electrons. The maximum absolute atomic E-state index is 14.2. The number of nitrogens with two attached hydrogens (primary N) is 2. The third-order valence-corrected chi connectivity index (χ3v) is 8.00. The van der Waals surface area contributed by atoms with Crippen LogP contribution in [-0.2, 0) is 30.4 Å². The summed E-state index contributed by atoms with van der Waals surface area (Å²) in [5.74, 6) is -1.17. The first-order chi connectivity index (χ1) is 26.7. The predicted octanol–water partition coefficient (Wildman–Crippen LogP) is 1.62. The minimum absolute atomic E-state index is 0.104. The van der Waals surface area contributed by atoms with E-state index >= 15 is 0 Å². The number of ether oxygens (including phenoxy) is 3. The molecule has 3 aromatic carbocycles. The molecule has 5 amide bonds. The van der Waals surface area contributed by atoms with E-state index in [1.807, 2.05) is 36.4 Å². The Morgan fingerprint density at radius 1 is 0.764 bits per heavy atom. The van der Waals surface area contributed by atoms with Crippen molar-refractivity contribution in [1.82, 2.24) is 26.6 Å². The van der Waals surface area contributed by atoms with Gasteiger partial charge in [-0.25, -0.2) is 4.79 Å². The van der Waals surface area contributed by atoms with Crippen LogP contribution in [0.15, 0.2) is 83.9 Å². The van der Waals surface area contributed by atoms with E-state index in [1.165, 1.54) is 12.1 Å². The molecule has 0 saturated carbocycles. The molecule has 0 aliphatic rings. The number of rotatable bonds is 24. The van der Waals surface area contributed by atoms with Crippen LogP contribution in [0.2, 0.25) is 0 Å². The molecule has 2 atom stereocenters. The number of carbonyl (C=O) groups is 4. The van der Waals surface area contributed by atoms with Crippen LogP contribution < -0.4 is 42.8 Å². The molecular formula is C39H54N8O8. The van der Waals surface area contributed by atoms with E-state index in [2.05, 4.69) is 31.6 Å². The van der Waals surface area contributed by atoms with Gasteiger partial charge in [0.2, 0.25) is 17.7 Å². The molecule has 0 heterocycles. The first-order valence-corrected chi connectivity index (χ1v) is 18.3. The molecule has 1 unspecified atom stereocenters. The zero-order valence-electron chi connectivity index (χ0n) is 31.3. The van der Waals surface area contributed by atoms with Gasteiger partial charge in [-0.3, -0.25) is 14.4 Å². The zero-order chi connectivity index (χ0) is 39.7. The fraction of sp³-hybridized carbons (Fsp3) is 0.410. The van der Waals surface area contributed by atoms with Gasteiger partial charge < -0.3 is 57.4 Å². The SMILES string of the molecule is CCC(=O)NCCNC(=O)/N=C(/N)NCCC[C@@H](NC(=O)C(c1ccccc1)c1cccc(OCCOCCOCCN)c1)C(=O)NCc1ccc(O)cc1. The van der Waals surface area contributed by atoms with Crippen molar-refractivity contribution in [3.05, 3.63) is 95.6 Å². The van der Waals surface area contributed by atoms with Crippen LogP contribution in [0.5, 0.6) is 11.5 Å². The Morgan fingerprint density at radius 3 is 2.18 bits per heavy atom. The Hall–Kier alpha value is -5.71. The molecule has 0 fully saturated rings. The van der Waals surface area contributed by atoms with Gasteiger partial charge in [-0.2, -0.15) is 4.99 Å². The molecule has 3 aromatic rings. The number of benzene rings is 3. The Labute approximate surface area is 321 Å². The van der Waals surface area contributed by atoms with E-state index in [9.17, 15) is 24.3 Å². The first kappa shape index (κ1) is 43.7. The third kappa shape index (κ3) is 17.3. The maximum atomic E-state index is 14.2.